The molecule has 0 spiro atoms. The second-order valence-electron chi connectivity index (χ2n) is 9.63. The van der Waals surface area contributed by atoms with Crippen molar-refractivity contribution in [2.45, 2.75) is 143 Å². The Kier molecular flexibility index (Phi) is 25.2. The first-order chi connectivity index (χ1) is 16.1. The molecule has 0 aliphatic rings. The minimum Gasteiger partial charge on any atom is -0.303 e. The summed E-state index contributed by atoms with van der Waals surface area (Å²) < 4.78 is 22.3. The first-order valence-electron chi connectivity index (χ1n) is 14.4. The van der Waals surface area contributed by atoms with E-state index < -0.39 is 7.82 Å². The van der Waals surface area contributed by atoms with E-state index in [0.717, 1.165) is 38.6 Å². The number of rotatable bonds is 27. The average molecular weight is 492 g/mol. The lowest BCUT2D eigenvalue weighted by Gasteiger charge is -2.22. The van der Waals surface area contributed by atoms with Crippen LogP contribution >= 0.6 is 7.82 Å². The van der Waals surface area contributed by atoms with Gasteiger partial charge in [0.25, 0.3) is 0 Å². The molecule has 200 valence electrons. The third-order valence-electron chi connectivity index (χ3n) is 6.28. The number of hydrogen-bond acceptors (Lipinski definition) is 4. The molecule has 0 aliphatic carbocycles. The fourth-order valence-corrected chi connectivity index (χ4v) is 4.90. The normalized spacial score (nSPS) is 13.6. The van der Waals surface area contributed by atoms with Gasteiger partial charge in [-0.3, -0.25) is 9.05 Å². The molecular formula is C27H58NO4P. The smallest absolute Gasteiger partial charge is 0.303 e. The molecule has 0 saturated heterocycles. The third-order valence-corrected chi connectivity index (χ3v) is 7.30. The summed E-state index contributed by atoms with van der Waals surface area (Å²) in [5, 5.41) is 0. The Morgan fingerprint density at radius 2 is 0.818 bits per heavy atom. The molecule has 0 amide bonds. The van der Waals surface area contributed by atoms with Crippen molar-refractivity contribution < 1.29 is 18.5 Å². The Bertz CT molecular complexity index is 420. The van der Waals surface area contributed by atoms with Crippen molar-refractivity contribution >= 4 is 7.82 Å². The topological polar surface area (TPSA) is 59.0 Å². The highest BCUT2D eigenvalue weighted by Crippen LogP contribution is 2.43. The van der Waals surface area contributed by atoms with Crippen LogP contribution in [-0.2, 0) is 13.6 Å². The standard InChI is InChI=1S/C27H58NO4P/c1-4-7-10-13-15-18-23-28(24-19-16-14-11-8-5-2)25-20-22-27-32-33(29,30)31-26-21-17-12-9-6-3/h4-27H2,1-3H3,(H,29,30). The van der Waals surface area contributed by atoms with Gasteiger partial charge in [0, 0.05) is 0 Å². The zero-order chi connectivity index (χ0) is 24.5. The van der Waals surface area contributed by atoms with Crippen LogP contribution in [0.2, 0.25) is 0 Å². The van der Waals surface area contributed by atoms with Crippen LogP contribution < -0.4 is 0 Å². The van der Waals surface area contributed by atoms with Gasteiger partial charge in [0.1, 0.15) is 0 Å². The molecule has 6 heteroatoms. The van der Waals surface area contributed by atoms with Gasteiger partial charge in [0.2, 0.25) is 0 Å². The van der Waals surface area contributed by atoms with Crippen molar-refractivity contribution in [3.05, 3.63) is 0 Å². The van der Waals surface area contributed by atoms with E-state index in [1.165, 1.54) is 103 Å². The lowest BCUT2D eigenvalue weighted by molar-refractivity contribution is 0.143. The van der Waals surface area contributed by atoms with Crippen molar-refractivity contribution in [1.29, 1.82) is 0 Å². The molecule has 0 radical (unpaired) electrons. The Morgan fingerprint density at radius 1 is 0.515 bits per heavy atom. The van der Waals surface area contributed by atoms with Gasteiger partial charge in [-0.25, -0.2) is 4.57 Å². The Morgan fingerprint density at radius 3 is 1.24 bits per heavy atom. The minimum absolute atomic E-state index is 0.297. The largest absolute Gasteiger partial charge is 0.472 e. The van der Waals surface area contributed by atoms with Gasteiger partial charge in [0.05, 0.1) is 13.2 Å². The molecule has 1 atom stereocenters. The second kappa shape index (κ2) is 25.2. The maximum Gasteiger partial charge on any atom is 0.472 e. The van der Waals surface area contributed by atoms with Gasteiger partial charge in [0.15, 0.2) is 0 Å². The average Bonchev–Trinajstić information content (AvgIpc) is 2.79. The molecule has 0 aromatic carbocycles. The van der Waals surface area contributed by atoms with Gasteiger partial charge in [-0.2, -0.15) is 0 Å². The van der Waals surface area contributed by atoms with Crippen LogP contribution in [0.3, 0.4) is 0 Å². The molecule has 33 heavy (non-hydrogen) atoms. The SMILES string of the molecule is CCCCCCCCN(CCCCCCCC)CCCCOP(=O)(O)OCCCCCCC. The van der Waals surface area contributed by atoms with E-state index in [-0.39, 0.29) is 0 Å². The lowest BCUT2D eigenvalue weighted by Crippen LogP contribution is -2.27. The molecule has 0 aromatic rings. The Labute approximate surface area is 207 Å². The van der Waals surface area contributed by atoms with E-state index in [1.54, 1.807) is 0 Å². The highest BCUT2D eigenvalue weighted by Gasteiger charge is 2.20. The predicted octanol–water partition coefficient (Wildman–Crippen LogP) is 8.89. The van der Waals surface area contributed by atoms with E-state index in [1.807, 2.05) is 0 Å². The van der Waals surface area contributed by atoms with Gasteiger partial charge in [-0.15, -0.1) is 0 Å². The van der Waals surface area contributed by atoms with Crippen LogP contribution in [-0.4, -0.2) is 42.6 Å². The molecule has 1 N–H and O–H groups in total. The number of hydrogen-bond donors (Lipinski definition) is 1. The summed E-state index contributed by atoms with van der Waals surface area (Å²) in [6.07, 6.45) is 23.2. The van der Waals surface area contributed by atoms with Crippen LogP contribution in [0.15, 0.2) is 0 Å². The highest BCUT2D eigenvalue weighted by molar-refractivity contribution is 7.47. The van der Waals surface area contributed by atoms with Crippen molar-refractivity contribution in [3.8, 4) is 0 Å². The molecule has 0 fully saturated rings. The van der Waals surface area contributed by atoms with Gasteiger partial charge >= 0.3 is 7.82 Å². The molecular weight excluding hydrogens is 433 g/mol. The molecule has 0 bridgehead atoms. The minimum atomic E-state index is -3.89. The van der Waals surface area contributed by atoms with Gasteiger partial charge < -0.3 is 9.79 Å². The zero-order valence-corrected chi connectivity index (χ0v) is 23.4. The summed E-state index contributed by atoms with van der Waals surface area (Å²) in [5.41, 5.74) is 0. The van der Waals surface area contributed by atoms with Crippen molar-refractivity contribution in [2.24, 2.45) is 0 Å². The summed E-state index contributed by atoms with van der Waals surface area (Å²) in [6.45, 7) is 10.7. The first kappa shape index (κ1) is 33.1. The van der Waals surface area contributed by atoms with Crippen molar-refractivity contribution in [2.75, 3.05) is 32.8 Å². The van der Waals surface area contributed by atoms with Crippen LogP contribution in [0.5, 0.6) is 0 Å². The summed E-state index contributed by atoms with van der Waals surface area (Å²) in [6, 6.07) is 0. The van der Waals surface area contributed by atoms with Crippen LogP contribution in [0.25, 0.3) is 0 Å². The van der Waals surface area contributed by atoms with Crippen LogP contribution in [0, 0.1) is 0 Å². The first-order valence-corrected chi connectivity index (χ1v) is 15.9. The summed E-state index contributed by atoms with van der Waals surface area (Å²) in [5.74, 6) is 0. The summed E-state index contributed by atoms with van der Waals surface area (Å²) in [7, 11) is -3.89. The van der Waals surface area contributed by atoms with Gasteiger partial charge in [-0.1, -0.05) is 111 Å². The zero-order valence-electron chi connectivity index (χ0n) is 22.5. The fourth-order valence-electron chi connectivity index (χ4n) is 4.11. The number of nitrogens with zero attached hydrogens (tertiary/aromatic N) is 1. The number of phosphoric acid groups is 1. The second-order valence-corrected chi connectivity index (χ2v) is 11.1. The molecule has 0 heterocycles. The third kappa shape index (κ3) is 25.0. The summed E-state index contributed by atoms with van der Waals surface area (Å²) in [4.78, 5) is 12.4. The quantitative estimate of drug-likeness (QED) is 0.0918. The highest BCUT2D eigenvalue weighted by atomic mass is 31.2. The molecule has 0 saturated carbocycles. The van der Waals surface area contributed by atoms with E-state index >= 15 is 0 Å². The molecule has 1 unspecified atom stereocenters. The van der Waals surface area contributed by atoms with E-state index in [9.17, 15) is 9.46 Å². The maximum atomic E-state index is 12.0. The molecule has 5 nitrogen and oxygen atoms in total. The van der Waals surface area contributed by atoms with Crippen molar-refractivity contribution in [1.82, 2.24) is 4.90 Å². The van der Waals surface area contributed by atoms with E-state index in [2.05, 4.69) is 25.7 Å². The maximum absolute atomic E-state index is 12.0. The summed E-state index contributed by atoms with van der Waals surface area (Å²) >= 11 is 0. The molecule has 0 aromatic heterocycles. The molecule has 0 rings (SSSR count). The van der Waals surface area contributed by atoms with Gasteiger partial charge in [-0.05, 0) is 51.7 Å². The van der Waals surface area contributed by atoms with Crippen LogP contribution in [0.4, 0.5) is 0 Å². The fraction of sp³-hybridized carbons (Fsp3) is 1.00. The molecule has 0 aliphatic heterocycles. The monoisotopic (exact) mass is 491 g/mol. The van der Waals surface area contributed by atoms with Crippen molar-refractivity contribution in [3.63, 3.8) is 0 Å². The Balaban J connectivity index is 4.00. The number of phosphoric ester groups is 1. The Hall–Kier alpha value is 0.0700. The van der Waals surface area contributed by atoms with E-state index in [4.69, 9.17) is 9.05 Å². The predicted molar refractivity (Wildman–Crippen MR) is 143 cm³/mol. The lowest BCUT2D eigenvalue weighted by atomic mass is 10.1. The number of unbranched alkanes of at least 4 members (excludes halogenated alkanes) is 15. The van der Waals surface area contributed by atoms with E-state index in [0.29, 0.717) is 13.2 Å². The van der Waals surface area contributed by atoms with Crippen LogP contribution in [0.1, 0.15) is 143 Å².